The number of Topliss-reactive ketones (excluding diaryl/α,β-unsaturated/α-hetero) is 1. The maximum Gasteiger partial charge on any atom is 0.323 e. The number of likely N-dealkylation sites (tertiary alicyclic amines) is 1. The van der Waals surface area contributed by atoms with Gasteiger partial charge < -0.3 is 25.2 Å². The van der Waals surface area contributed by atoms with Crippen LogP contribution < -0.4 is 15.4 Å². The van der Waals surface area contributed by atoms with Gasteiger partial charge in [-0.3, -0.25) is 9.59 Å². The number of amides is 3. The zero-order valence-electron chi connectivity index (χ0n) is 25.2. The summed E-state index contributed by atoms with van der Waals surface area (Å²) in [6, 6.07) is 26.3. The van der Waals surface area contributed by atoms with Crippen molar-refractivity contribution in [3.8, 4) is 5.75 Å². The molecule has 10 heteroatoms. The molecule has 6 rings (SSSR count). The van der Waals surface area contributed by atoms with Crippen LogP contribution in [0.2, 0.25) is 0 Å². The number of ketones is 1. The number of urea groups is 1. The average Bonchev–Trinajstić information content (AvgIpc) is 3.75. The number of benzene rings is 3. The number of hydrogen-bond acceptors (Lipinski definition) is 7. The number of methoxy groups -OCH3 is 1. The summed E-state index contributed by atoms with van der Waals surface area (Å²) in [6.45, 7) is 2.41. The van der Waals surface area contributed by atoms with Crippen molar-refractivity contribution in [2.45, 2.75) is 22.9 Å². The first-order valence-corrected chi connectivity index (χ1v) is 17.1. The maximum atomic E-state index is 14.8. The number of anilines is 1. The van der Waals surface area contributed by atoms with Gasteiger partial charge in [0.2, 0.25) is 5.91 Å². The van der Waals surface area contributed by atoms with Crippen LogP contribution in [-0.4, -0.2) is 73.1 Å². The Balaban J connectivity index is 1.51. The van der Waals surface area contributed by atoms with Crippen LogP contribution in [0.3, 0.4) is 0 Å². The van der Waals surface area contributed by atoms with E-state index in [1.54, 1.807) is 48.0 Å². The van der Waals surface area contributed by atoms with Crippen molar-refractivity contribution in [2.75, 3.05) is 44.9 Å². The van der Waals surface area contributed by atoms with Crippen molar-refractivity contribution >= 4 is 46.5 Å². The molecule has 8 nitrogen and oxygen atoms in total. The van der Waals surface area contributed by atoms with Crippen molar-refractivity contribution in [1.29, 1.82) is 0 Å². The molecule has 0 bridgehead atoms. The van der Waals surface area contributed by atoms with E-state index in [0.29, 0.717) is 43.2 Å². The van der Waals surface area contributed by atoms with E-state index in [-0.39, 0.29) is 11.7 Å². The SMILES string of the molecule is COc1ccc(NC(=O)N2C(C(=O)N3CCNCC3)C(c3ccccc3)C(C(=O)c3ccc(SC)cc3)C2c2cccs2)cc1. The van der Waals surface area contributed by atoms with Crippen LogP contribution in [0.4, 0.5) is 10.5 Å². The number of hydrogen-bond donors (Lipinski definition) is 2. The lowest BCUT2D eigenvalue weighted by Gasteiger charge is -2.36. The summed E-state index contributed by atoms with van der Waals surface area (Å²) in [4.78, 5) is 49.4. The van der Waals surface area contributed by atoms with E-state index in [9.17, 15) is 14.4 Å². The average molecular weight is 641 g/mol. The molecule has 1 aromatic heterocycles. The van der Waals surface area contributed by atoms with Gasteiger partial charge in [-0.2, -0.15) is 0 Å². The summed E-state index contributed by atoms with van der Waals surface area (Å²) in [7, 11) is 1.59. The Morgan fingerprint density at radius 1 is 0.911 bits per heavy atom. The third kappa shape index (κ3) is 6.36. The fourth-order valence-electron chi connectivity index (χ4n) is 6.46. The van der Waals surface area contributed by atoms with Gasteiger partial charge in [-0.1, -0.05) is 48.5 Å². The van der Waals surface area contributed by atoms with E-state index in [0.717, 1.165) is 15.3 Å². The molecule has 0 aliphatic carbocycles. The predicted molar refractivity (Wildman–Crippen MR) is 179 cm³/mol. The molecule has 4 aromatic rings. The lowest BCUT2D eigenvalue weighted by atomic mass is 9.77. The van der Waals surface area contributed by atoms with Gasteiger partial charge in [0.05, 0.1) is 19.1 Å². The Morgan fingerprint density at radius 3 is 2.24 bits per heavy atom. The van der Waals surface area contributed by atoms with Gasteiger partial charge in [0, 0.05) is 53.1 Å². The van der Waals surface area contributed by atoms with E-state index in [2.05, 4.69) is 10.6 Å². The number of rotatable bonds is 8. The van der Waals surface area contributed by atoms with E-state index in [4.69, 9.17) is 4.74 Å². The lowest BCUT2D eigenvalue weighted by Crippen LogP contribution is -2.55. The van der Waals surface area contributed by atoms with Crippen molar-refractivity contribution in [3.63, 3.8) is 0 Å². The molecule has 2 aliphatic rings. The molecule has 45 heavy (non-hydrogen) atoms. The number of nitrogens with zero attached hydrogens (tertiary/aromatic N) is 2. The maximum absolute atomic E-state index is 14.8. The number of nitrogens with one attached hydrogen (secondary N) is 2. The summed E-state index contributed by atoms with van der Waals surface area (Å²) >= 11 is 3.10. The fourth-order valence-corrected chi connectivity index (χ4v) is 7.74. The molecular formula is C35H36N4O4S2. The summed E-state index contributed by atoms with van der Waals surface area (Å²) in [6.07, 6.45) is 2.00. The third-order valence-corrected chi connectivity index (χ3v) is 10.3. The largest absolute Gasteiger partial charge is 0.497 e. The Morgan fingerprint density at radius 2 is 1.62 bits per heavy atom. The van der Waals surface area contributed by atoms with Gasteiger partial charge in [-0.25, -0.2) is 4.79 Å². The van der Waals surface area contributed by atoms with E-state index < -0.39 is 30.0 Å². The summed E-state index contributed by atoms with van der Waals surface area (Å²) in [5, 5.41) is 8.31. The zero-order valence-corrected chi connectivity index (χ0v) is 26.9. The van der Waals surface area contributed by atoms with Gasteiger partial charge in [0.25, 0.3) is 0 Å². The van der Waals surface area contributed by atoms with Crippen LogP contribution >= 0.6 is 23.1 Å². The normalized spacial score (nSPS) is 21.4. The van der Waals surface area contributed by atoms with Crippen LogP contribution in [0.15, 0.2) is 101 Å². The Kier molecular flexibility index (Phi) is 9.53. The highest BCUT2D eigenvalue weighted by Gasteiger charge is 2.58. The van der Waals surface area contributed by atoms with Crippen molar-refractivity contribution < 1.29 is 19.1 Å². The molecule has 4 atom stereocenters. The number of carbonyl (C=O) groups is 3. The van der Waals surface area contributed by atoms with Crippen molar-refractivity contribution in [3.05, 3.63) is 112 Å². The minimum atomic E-state index is -0.907. The summed E-state index contributed by atoms with van der Waals surface area (Å²) in [5.41, 5.74) is 1.98. The minimum absolute atomic E-state index is 0.0900. The minimum Gasteiger partial charge on any atom is -0.497 e. The molecule has 232 valence electrons. The quantitative estimate of drug-likeness (QED) is 0.177. The summed E-state index contributed by atoms with van der Waals surface area (Å²) in [5.74, 6) is -0.850. The van der Waals surface area contributed by atoms with Crippen molar-refractivity contribution in [2.24, 2.45) is 5.92 Å². The molecule has 3 heterocycles. The van der Waals surface area contributed by atoms with E-state index in [1.165, 1.54) is 11.3 Å². The molecule has 0 spiro atoms. The first-order valence-electron chi connectivity index (χ1n) is 15.0. The van der Waals surface area contributed by atoms with Crippen LogP contribution in [0.25, 0.3) is 0 Å². The second kappa shape index (κ2) is 13.9. The molecule has 2 aliphatic heterocycles. The Labute approximate surface area is 271 Å². The molecule has 4 unspecified atom stereocenters. The molecular weight excluding hydrogens is 605 g/mol. The van der Waals surface area contributed by atoms with Gasteiger partial charge >= 0.3 is 6.03 Å². The standard InChI is InChI=1S/C35H36N4O4S2/c1-43-26-14-12-25(13-15-26)37-35(42)39-31(28-9-6-22-45-28)30(33(40)24-10-16-27(44-2)17-11-24)29(23-7-4-3-5-8-23)32(39)34(41)38-20-18-36-19-21-38/h3-17,22,29-32,36H,18-21H2,1-2H3,(H,37,42). The second-order valence-electron chi connectivity index (χ2n) is 11.1. The number of ether oxygens (including phenoxy) is 1. The highest BCUT2D eigenvalue weighted by Crippen LogP contribution is 2.52. The molecule has 2 N–H and O–H groups in total. The molecule has 3 amide bonds. The smallest absolute Gasteiger partial charge is 0.323 e. The number of piperazine rings is 1. The van der Waals surface area contributed by atoms with Crippen LogP contribution in [0.1, 0.15) is 32.8 Å². The summed E-state index contributed by atoms with van der Waals surface area (Å²) < 4.78 is 5.30. The molecule has 2 fully saturated rings. The second-order valence-corrected chi connectivity index (χ2v) is 13.0. The monoisotopic (exact) mass is 640 g/mol. The van der Waals surface area contributed by atoms with Gasteiger partial charge in [0.15, 0.2) is 5.78 Å². The first-order chi connectivity index (χ1) is 22.0. The zero-order chi connectivity index (χ0) is 31.3. The highest BCUT2D eigenvalue weighted by atomic mass is 32.2. The Hall–Kier alpha value is -4.12. The molecule has 0 saturated carbocycles. The predicted octanol–water partition coefficient (Wildman–Crippen LogP) is 6.15. The Bertz CT molecular complexity index is 1610. The topological polar surface area (TPSA) is 91.0 Å². The number of thiophene rings is 1. The van der Waals surface area contributed by atoms with Crippen LogP contribution in [0.5, 0.6) is 5.75 Å². The molecule has 2 saturated heterocycles. The van der Waals surface area contributed by atoms with Crippen LogP contribution in [0, 0.1) is 5.92 Å². The number of thioether (sulfide) groups is 1. The van der Waals surface area contributed by atoms with Gasteiger partial charge in [-0.05, 0) is 59.7 Å². The fraction of sp³-hybridized carbons (Fsp3) is 0.286. The highest BCUT2D eigenvalue weighted by molar-refractivity contribution is 7.98. The van der Waals surface area contributed by atoms with E-state index >= 15 is 0 Å². The lowest BCUT2D eigenvalue weighted by molar-refractivity contribution is -0.136. The van der Waals surface area contributed by atoms with Gasteiger partial charge in [0.1, 0.15) is 11.8 Å². The third-order valence-electron chi connectivity index (χ3n) is 8.62. The molecule has 3 aromatic carbocycles. The van der Waals surface area contributed by atoms with Crippen molar-refractivity contribution in [1.82, 2.24) is 15.1 Å². The first kappa shape index (κ1) is 30.9. The van der Waals surface area contributed by atoms with Crippen LogP contribution in [-0.2, 0) is 4.79 Å². The molecule has 0 radical (unpaired) electrons. The van der Waals surface area contributed by atoms with Gasteiger partial charge in [-0.15, -0.1) is 23.1 Å². The van der Waals surface area contributed by atoms with E-state index in [1.807, 2.05) is 83.3 Å². The number of carbonyl (C=O) groups excluding carboxylic acids is 3.